The zero-order valence-corrected chi connectivity index (χ0v) is 12.6. The summed E-state index contributed by atoms with van der Waals surface area (Å²) < 4.78 is 0. The molecule has 1 amide bonds. The highest BCUT2D eigenvalue weighted by Crippen LogP contribution is 2.25. The molecule has 0 saturated carbocycles. The minimum atomic E-state index is -0.485. The van der Waals surface area contributed by atoms with Crippen LogP contribution in [0.25, 0.3) is 6.08 Å². The maximum Gasteiger partial charge on any atom is 0.269 e. The Morgan fingerprint density at radius 2 is 1.82 bits per heavy atom. The van der Waals surface area contributed by atoms with E-state index in [1.165, 1.54) is 24.3 Å². The van der Waals surface area contributed by atoms with Gasteiger partial charge in [0.05, 0.1) is 15.6 Å². The molecular weight excluding hydrogens is 327 g/mol. The first-order valence-electron chi connectivity index (χ1n) is 6.14. The van der Waals surface area contributed by atoms with Crippen molar-refractivity contribution in [1.29, 1.82) is 0 Å². The number of hydrogen-bond donors (Lipinski definition) is 1. The summed E-state index contributed by atoms with van der Waals surface area (Å²) >= 11 is 11.8. The molecule has 0 aliphatic heterocycles. The molecule has 0 heterocycles. The fourth-order valence-electron chi connectivity index (χ4n) is 1.65. The Balaban J connectivity index is 2.05. The van der Waals surface area contributed by atoms with Crippen molar-refractivity contribution < 1.29 is 9.72 Å². The van der Waals surface area contributed by atoms with Gasteiger partial charge in [0.15, 0.2) is 0 Å². The number of hydrogen-bond acceptors (Lipinski definition) is 3. The van der Waals surface area contributed by atoms with Crippen LogP contribution in [0.15, 0.2) is 48.5 Å². The van der Waals surface area contributed by atoms with Crippen molar-refractivity contribution in [3.63, 3.8) is 0 Å². The molecule has 5 nitrogen and oxygen atoms in total. The number of nitrogens with zero attached hydrogens (tertiary/aromatic N) is 1. The number of anilines is 1. The van der Waals surface area contributed by atoms with Gasteiger partial charge >= 0.3 is 0 Å². The summed E-state index contributed by atoms with van der Waals surface area (Å²) in [5.41, 5.74) is 1.07. The molecule has 1 N–H and O–H groups in total. The van der Waals surface area contributed by atoms with Crippen LogP contribution in [0.3, 0.4) is 0 Å². The highest BCUT2D eigenvalue weighted by atomic mass is 35.5. The summed E-state index contributed by atoms with van der Waals surface area (Å²) in [6.45, 7) is 0. The Labute approximate surface area is 136 Å². The molecule has 0 aromatic heterocycles. The summed E-state index contributed by atoms with van der Waals surface area (Å²) in [7, 11) is 0. The predicted octanol–water partition coefficient (Wildman–Crippen LogP) is 4.55. The van der Waals surface area contributed by atoms with Gasteiger partial charge in [0.2, 0.25) is 5.91 Å². The number of halogens is 2. The van der Waals surface area contributed by atoms with Crippen LogP contribution in [-0.2, 0) is 4.79 Å². The van der Waals surface area contributed by atoms with E-state index in [1.54, 1.807) is 30.3 Å². The van der Waals surface area contributed by atoms with Crippen LogP contribution in [0, 0.1) is 10.1 Å². The van der Waals surface area contributed by atoms with Crippen LogP contribution in [0.1, 0.15) is 5.56 Å². The van der Waals surface area contributed by atoms with Crippen LogP contribution in [-0.4, -0.2) is 10.8 Å². The molecule has 0 aliphatic carbocycles. The van der Waals surface area contributed by atoms with Crippen molar-refractivity contribution in [1.82, 2.24) is 0 Å². The van der Waals surface area contributed by atoms with Crippen molar-refractivity contribution in [2.24, 2.45) is 0 Å². The Morgan fingerprint density at radius 1 is 1.14 bits per heavy atom. The van der Waals surface area contributed by atoms with E-state index in [1.807, 2.05) is 0 Å². The normalized spacial score (nSPS) is 10.6. The van der Waals surface area contributed by atoms with Gasteiger partial charge in [0.25, 0.3) is 5.69 Å². The van der Waals surface area contributed by atoms with Crippen LogP contribution in [0.4, 0.5) is 11.4 Å². The van der Waals surface area contributed by atoms with Gasteiger partial charge in [-0.05, 0) is 42.0 Å². The molecule has 2 aromatic carbocycles. The molecule has 0 fully saturated rings. The first-order chi connectivity index (χ1) is 10.5. The third-order valence-corrected chi connectivity index (χ3v) is 3.28. The highest BCUT2D eigenvalue weighted by molar-refractivity contribution is 6.35. The highest BCUT2D eigenvalue weighted by Gasteiger charge is 2.05. The fraction of sp³-hybridized carbons (Fsp3) is 0. The monoisotopic (exact) mass is 336 g/mol. The van der Waals surface area contributed by atoms with Gasteiger partial charge in [-0.25, -0.2) is 0 Å². The van der Waals surface area contributed by atoms with E-state index in [4.69, 9.17) is 23.2 Å². The molecule has 2 aromatic rings. The smallest absolute Gasteiger partial charge is 0.269 e. The van der Waals surface area contributed by atoms with Crippen LogP contribution in [0.2, 0.25) is 10.0 Å². The van der Waals surface area contributed by atoms with Gasteiger partial charge in [-0.15, -0.1) is 0 Å². The van der Waals surface area contributed by atoms with E-state index >= 15 is 0 Å². The quantitative estimate of drug-likeness (QED) is 0.505. The molecule has 0 radical (unpaired) electrons. The second-order valence-electron chi connectivity index (χ2n) is 4.30. The van der Waals surface area contributed by atoms with E-state index in [2.05, 4.69) is 5.32 Å². The number of benzene rings is 2. The molecule has 0 bridgehead atoms. The van der Waals surface area contributed by atoms with Gasteiger partial charge in [-0.3, -0.25) is 14.9 Å². The standard InChI is InChI=1S/C15H10Cl2N2O3/c16-11-4-7-13(17)14(9-11)18-15(20)8-3-10-1-5-12(6-2-10)19(21)22/h1-9H,(H,18,20)/b8-3+. The van der Waals surface area contributed by atoms with E-state index in [0.29, 0.717) is 21.3 Å². The lowest BCUT2D eigenvalue weighted by molar-refractivity contribution is -0.384. The molecule has 2 rings (SSSR count). The van der Waals surface area contributed by atoms with Crippen molar-refractivity contribution in [3.05, 3.63) is 74.3 Å². The molecule has 7 heteroatoms. The summed E-state index contributed by atoms with van der Waals surface area (Å²) in [5, 5.41) is 14.0. The average molecular weight is 337 g/mol. The summed E-state index contributed by atoms with van der Waals surface area (Å²) in [6.07, 6.45) is 2.84. The van der Waals surface area contributed by atoms with E-state index in [-0.39, 0.29) is 11.6 Å². The lowest BCUT2D eigenvalue weighted by Gasteiger charge is -2.05. The SMILES string of the molecule is O=C(/C=C/c1ccc([N+](=O)[O-])cc1)Nc1cc(Cl)ccc1Cl. The molecule has 0 atom stereocenters. The summed E-state index contributed by atoms with van der Waals surface area (Å²) in [6, 6.07) is 10.6. The number of carbonyl (C=O) groups excluding carboxylic acids is 1. The number of nitrogens with one attached hydrogen (secondary N) is 1. The Hall–Kier alpha value is -2.37. The number of non-ortho nitro benzene ring substituents is 1. The van der Waals surface area contributed by atoms with Gasteiger partial charge in [-0.1, -0.05) is 23.2 Å². The number of amides is 1. The van der Waals surface area contributed by atoms with Crippen LogP contribution >= 0.6 is 23.2 Å². The van der Waals surface area contributed by atoms with E-state index in [9.17, 15) is 14.9 Å². The average Bonchev–Trinajstić information content (AvgIpc) is 2.49. The van der Waals surface area contributed by atoms with Gasteiger partial charge in [0, 0.05) is 23.2 Å². The Morgan fingerprint density at radius 3 is 2.45 bits per heavy atom. The predicted molar refractivity (Wildman–Crippen MR) is 87.2 cm³/mol. The van der Waals surface area contributed by atoms with Crippen LogP contribution < -0.4 is 5.32 Å². The van der Waals surface area contributed by atoms with E-state index in [0.717, 1.165) is 0 Å². The fourth-order valence-corrected chi connectivity index (χ4v) is 1.98. The lowest BCUT2D eigenvalue weighted by Crippen LogP contribution is -2.08. The van der Waals surface area contributed by atoms with Crippen molar-refractivity contribution in [3.8, 4) is 0 Å². The maximum absolute atomic E-state index is 11.8. The second kappa shape index (κ2) is 7.06. The summed E-state index contributed by atoms with van der Waals surface area (Å²) in [5.74, 6) is -0.387. The Bertz CT molecular complexity index is 743. The largest absolute Gasteiger partial charge is 0.321 e. The zero-order valence-electron chi connectivity index (χ0n) is 11.1. The van der Waals surface area contributed by atoms with Crippen LogP contribution in [0.5, 0.6) is 0 Å². The van der Waals surface area contributed by atoms with Gasteiger partial charge in [0.1, 0.15) is 0 Å². The minimum Gasteiger partial charge on any atom is -0.321 e. The number of nitro groups is 1. The Kier molecular flexibility index (Phi) is 5.14. The van der Waals surface area contributed by atoms with E-state index < -0.39 is 4.92 Å². The topological polar surface area (TPSA) is 72.2 Å². The zero-order chi connectivity index (χ0) is 16.1. The number of nitro benzene ring substituents is 1. The number of rotatable bonds is 4. The molecule has 0 saturated heterocycles. The molecule has 0 unspecified atom stereocenters. The van der Waals surface area contributed by atoms with Crippen molar-refractivity contribution >= 4 is 46.6 Å². The molecule has 0 spiro atoms. The molecular formula is C15H10Cl2N2O3. The third-order valence-electron chi connectivity index (χ3n) is 2.72. The molecule has 22 heavy (non-hydrogen) atoms. The van der Waals surface area contributed by atoms with Gasteiger partial charge < -0.3 is 5.32 Å². The van der Waals surface area contributed by atoms with Crippen molar-refractivity contribution in [2.45, 2.75) is 0 Å². The third kappa shape index (κ3) is 4.31. The minimum absolute atomic E-state index is 0.00712. The summed E-state index contributed by atoms with van der Waals surface area (Å²) in [4.78, 5) is 21.9. The first kappa shape index (κ1) is 16.0. The molecule has 112 valence electrons. The lowest BCUT2D eigenvalue weighted by atomic mass is 10.2. The van der Waals surface area contributed by atoms with Crippen molar-refractivity contribution in [2.75, 3.05) is 5.32 Å². The van der Waals surface area contributed by atoms with Gasteiger partial charge in [-0.2, -0.15) is 0 Å². The second-order valence-corrected chi connectivity index (χ2v) is 5.14. The first-order valence-corrected chi connectivity index (χ1v) is 6.90. The molecule has 0 aliphatic rings. The number of carbonyl (C=O) groups is 1. The maximum atomic E-state index is 11.8.